The van der Waals surface area contributed by atoms with Gasteiger partial charge in [-0.1, -0.05) is 30.3 Å². The van der Waals surface area contributed by atoms with Crippen LogP contribution in [0.25, 0.3) is 10.8 Å². The van der Waals surface area contributed by atoms with Gasteiger partial charge in [0.2, 0.25) is 10.0 Å². The molecule has 1 fully saturated rings. The van der Waals surface area contributed by atoms with E-state index in [1.165, 1.54) is 10.4 Å². The summed E-state index contributed by atoms with van der Waals surface area (Å²) in [6, 6.07) is 16.4. The molecule has 3 aromatic carbocycles. The molecule has 0 unspecified atom stereocenters. The second kappa shape index (κ2) is 7.90. The van der Waals surface area contributed by atoms with E-state index in [4.69, 9.17) is 4.74 Å². The van der Waals surface area contributed by atoms with Crippen LogP contribution in [0.15, 0.2) is 65.6 Å². The highest BCUT2D eigenvalue weighted by molar-refractivity contribution is 7.89. The second-order valence-corrected chi connectivity index (χ2v) is 8.58. The first-order valence-corrected chi connectivity index (χ1v) is 10.6. The van der Waals surface area contributed by atoms with Crippen molar-refractivity contribution in [3.05, 3.63) is 72.0 Å². The number of rotatable bonds is 4. The van der Waals surface area contributed by atoms with E-state index in [1.807, 2.05) is 30.3 Å². The fourth-order valence-corrected chi connectivity index (χ4v) is 4.74. The van der Waals surface area contributed by atoms with Gasteiger partial charge in [0.25, 0.3) is 5.91 Å². The molecule has 0 radical (unpaired) electrons. The zero-order valence-electron chi connectivity index (χ0n) is 15.5. The minimum atomic E-state index is -4.02. The van der Waals surface area contributed by atoms with Crippen LogP contribution < -0.4 is 5.32 Å². The largest absolute Gasteiger partial charge is 0.379 e. The van der Waals surface area contributed by atoms with E-state index in [9.17, 15) is 17.6 Å². The van der Waals surface area contributed by atoms with Crippen LogP contribution in [0.1, 0.15) is 10.4 Å². The lowest BCUT2D eigenvalue weighted by Gasteiger charge is -2.26. The molecule has 8 heteroatoms. The van der Waals surface area contributed by atoms with E-state index in [-0.39, 0.29) is 32.0 Å². The zero-order chi connectivity index (χ0) is 20.4. The monoisotopic (exact) mass is 414 g/mol. The third-order valence-electron chi connectivity index (χ3n) is 4.79. The SMILES string of the molecule is O=C(Nc1ccc(F)c(S(=O)(=O)N2CCOCC2)c1)c1ccc2ccccc2c1. The van der Waals surface area contributed by atoms with Crippen LogP contribution in [0.5, 0.6) is 0 Å². The number of sulfonamides is 1. The Morgan fingerprint density at radius 1 is 0.966 bits per heavy atom. The first kappa shape index (κ1) is 19.5. The Balaban J connectivity index is 1.60. The van der Waals surface area contributed by atoms with Crippen molar-refractivity contribution >= 4 is 32.4 Å². The van der Waals surface area contributed by atoms with E-state index in [1.54, 1.807) is 12.1 Å². The van der Waals surface area contributed by atoms with Crippen LogP contribution in [0, 0.1) is 5.82 Å². The molecule has 3 aromatic rings. The number of nitrogens with one attached hydrogen (secondary N) is 1. The van der Waals surface area contributed by atoms with E-state index >= 15 is 0 Å². The lowest BCUT2D eigenvalue weighted by molar-refractivity contribution is 0.0729. The van der Waals surface area contributed by atoms with Crippen molar-refractivity contribution in [2.75, 3.05) is 31.6 Å². The fourth-order valence-electron chi connectivity index (χ4n) is 3.24. The van der Waals surface area contributed by atoms with Crippen molar-refractivity contribution in [2.45, 2.75) is 4.90 Å². The molecule has 6 nitrogen and oxygen atoms in total. The zero-order valence-corrected chi connectivity index (χ0v) is 16.3. The minimum absolute atomic E-state index is 0.162. The number of carbonyl (C=O) groups is 1. The van der Waals surface area contributed by atoms with Crippen LogP contribution in [0.2, 0.25) is 0 Å². The lowest BCUT2D eigenvalue weighted by atomic mass is 10.1. The Kier molecular flexibility index (Phi) is 5.31. The van der Waals surface area contributed by atoms with Gasteiger partial charge in [-0.3, -0.25) is 4.79 Å². The highest BCUT2D eigenvalue weighted by atomic mass is 32.2. The molecule has 0 aliphatic carbocycles. The maximum atomic E-state index is 14.3. The number of carbonyl (C=O) groups excluding carboxylic acids is 1. The van der Waals surface area contributed by atoms with Gasteiger partial charge in [-0.15, -0.1) is 0 Å². The molecule has 1 aliphatic rings. The molecule has 4 rings (SSSR count). The highest BCUT2D eigenvalue weighted by Gasteiger charge is 2.29. The van der Waals surface area contributed by atoms with Gasteiger partial charge in [0, 0.05) is 24.3 Å². The van der Waals surface area contributed by atoms with E-state index in [0.29, 0.717) is 5.56 Å². The third kappa shape index (κ3) is 4.00. The molecule has 0 saturated carbocycles. The van der Waals surface area contributed by atoms with E-state index in [2.05, 4.69) is 5.32 Å². The summed E-state index contributed by atoms with van der Waals surface area (Å²) in [5, 5.41) is 4.57. The number of halogens is 1. The number of hydrogen-bond acceptors (Lipinski definition) is 4. The van der Waals surface area contributed by atoms with Crippen LogP contribution in [0.3, 0.4) is 0 Å². The molecule has 0 bridgehead atoms. The molecular formula is C21H19FN2O4S. The van der Waals surface area contributed by atoms with E-state index in [0.717, 1.165) is 22.9 Å². The molecule has 1 saturated heterocycles. The number of nitrogens with zero attached hydrogens (tertiary/aromatic N) is 1. The smallest absolute Gasteiger partial charge is 0.255 e. The lowest BCUT2D eigenvalue weighted by Crippen LogP contribution is -2.40. The van der Waals surface area contributed by atoms with Gasteiger partial charge in [-0.05, 0) is 41.1 Å². The van der Waals surface area contributed by atoms with Crippen molar-refractivity contribution in [1.29, 1.82) is 0 Å². The van der Waals surface area contributed by atoms with Gasteiger partial charge in [0.15, 0.2) is 0 Å². The van der Waals surface area contributed by atoms with Gasteiger partial charge in [0.05, 0.1) is 13.2 Å². The summed E-state index contributed by atoms with van der Waals surface area (Å²) in [6.07, 6.45) is 0. The van der Waals surface area contributed by atoms with Crippen molar-refractivity contribution in [2.24, 2.45) is 0 Å². The van der Waals surface area contributed by atoms with Crippen molar-refractivity contribution in [3.8, 4) is 0 Å². The van der Waals surface area contributed by atoms with Crippen molar-refractivity contribution in [3.63, 3.8) is 0 Å². The summed E-state index contributed by atoms with van der Waals surface area (Å²) in [6.45, 7) is 0.851. The first-order valence-electron chi connectivity index (χ1n) is 9.13. The first-order chi connectivity index (χ1) is 13.9. The molecule has 1 N–H and O–H groups in total. The summed E-state index contributed by atoms with van der Waals surface area (Å²) in [5.74, 6) is -1.27. The van der Waals surface area contributed by atoms with Crippen molar-refractivity contribution in [1.82, 2.24) is 4.31 Å². The number of morpholine rings is 1. The molecule has 0 aromatic heterocycles. The maximum Gasteiger partial charge on any atom is 0.255 e. The molecule has 1 amide bonds. The average molecular weight is 414 g/mol. The normalized spacial score (nSPS) is 15.3. The summed E-state index contributed by atoms with van der Waals surface area (Å²) in [4.78, 5) is 12.2. The minimum Gasteiger partial charge on any atom is -0.379 e. The highest BCUT2D eigenvalue weighted by Crippen LogP contribution is 2.24. The topological polar surface area (TPSA) is 75.7 Å². The Hall–Kier alpha value is -2.81. The van der Waals surface area contributed by atoms with Crippen LogP contribution in [0.4, 0.5) is 10.1 Å². The Morgan fingerprint density at radius 2 is 1.69 bits per heavy atom. The number of anilines is 1. The Morgan fingerprint density at radius 3 is 2.45 bits per heavy atom. The Labute approximate surface area is 168 Å². The summed E-state index contributed by atoms with van der Waals surface area (Å²) in [5.41, 5.74) is 0.627. The predicted octanol–water partition coefficient (Wildman–Crippen LogP) is 3.25. The molecule has 1 heterocycles. The maximum absolute atomic E-state index is 14.3. The van der Waals surface area contributed by atoms with Crippen LogP contribution in [-0.2, 0) is 14.8 Å². The second-order valence-electron chi connectivity index (χ2n) is 6.68. The molecule has 0 spiro atoms. The average Bonchev–Trinajstić information content (AvgIpc) is 2.75. The van der Waals surface area contributed by atoms with Gasteiger partial charge in [-0.25, -0.2) is 12.8 Å². The number of fused-ring (bicyclic) bond motifs is 1. The van der Waals surface area contributed by atoms with Crippen LogP contribution in [-0.4, -0.2) is 44.9 Å². The Bertz CT molecular complexity index is 1170. The molecule has 0 atom stereocenters. The molecule has 29 heavy (non-hydrogen) atoms. The molecular weight excluding hydrogens is 395 g/mol. The fraction of sp³-hybridized carbons (Fsp3) is 0.190. The van der Waals surface area contributed by atoms with Crippen LogP contribution >= 0.6 is 0 Å². The van der Waals surface area contributed by atoms with Crippen molar-refractivity contribution < 1.29 is 22.3 Å². The van der Waals surface area contributed by atoms with Gasteiger partial charge >= 0.3 is 0 Å². The standard InChI is InChI=1S/C21H19FN2O4S/c22-19-8-7-18(14-20(19)29(26,27)24-9-11-28-12-10-24)23-21(25)17-6-5-15-3-1-2-4-16(15)13-17/h1-8,13-14H,9-12H2,(H,23,25). The number of amides is 1. The third-order valence-corrected chi connectivity index (χ3v) is 6.70. The number of benzene rings is 3. The number of hydrogen-bond donors (Lipinski definition) is 1. The van der Waals surface area contributed by atoms with Gasteiger partial charge in [-0.2, -0.15) is 4.31 Å². The van der Waals surface area contributed by atoms with Gasteiger partial charge < -0.3 is 10.1 Å². The van der Waals surface area contributed by atoms with E-state index < -0.39 is 26.6 Å². The quantitative estimate of drug-likeness (QED) is 0.711. The van der Waals surface area contributed by atoms with Gasteiger partial charge in [0.1, 0.15) is 10.7 Å². The molecule has 1 aliphatic heterocycles. The summed E-state index contributed by atoms with van der Waals surface area (Å²) in [7, 11) is -4.02. The molecule has 150 valence electrons. The predicted molar refractivity (Wildman–Crippen MR) is 108 cm³/mol. The number of ether oxygens (including phenoxy) is 1. The summed E-state index contributed by atoms with van der Waals surface area (Å²) >= 11 is 0. The summed E-state index contributed by atoms with van der Waals surface area (Å²) < 4.78 is 46.2.